The Labute approximate surface area is 264 Å². The zero-order valence-corrected chi connectivity index (χ0v) is 26.3. The monoisotopic (exact) mass is 628 g/mol. The summed E-state index contributed by atoms with van der Waals surface area (Å²) in [6.45, 7) is 5.61. The summed E-state index contributed by atoms with van der Waals surface area (Å²) in [6.07, 6.45) is 0. The molecule has 1 saturated heterocycles. The Hall–Kier alpha value is -5.16. The first-order valence-electron chi connectivity index (χ1n) is 14.1. The normalized spacial score (nSPS) is 15.7. The van der Waals surface area contributed by atoms with E-state index in [4.69, 9.17) is 18.9 Å². The van der Waals surface area contributed by atoms with E-state index in [0.717, 1.165) is 16.9 Å². The summed E-state index contributed by atoms with van der Waals surface area (Å²) in [4.78, 5) is 45.9. The largest absolute Gasteiger partial charge is 0.507 e. The highest BCUT2D eigenvalue weighted by Crippen LogP contribution is 2.46. The number of ketones is 1. The molecule has 0 spiro atoms. The molecule has 1 fully saturated rings. The van der Waals surface area contributed by atoms with E-state index >= 15 is 0 Å². The van der Waals surface area contributed by atoms with Gasteiger partial charge in [0.1, 0.15) is 23.0 Å². The number of Topliss-reactive ketones (excluding diaryl/α,β-unsaturated/α-hetero) is 1. The number of aryl methyl sites for hydroxylation is 2. The molecule has 1 aliphatic rings. The second-order valence-electron chi connectivity index (χ2n) is 10.2. The summed E-state index contributed by atoms with van der Waals surface area (Å²) in [5.41, 5.74) is 2.65. The van der Waals surface area contributed by atoms with Gasteiger partial charge in [0.15, 0.2) is 16.6 Å². The molecule has 0 radical (unpaired) electrons. The smallest absolute Gasteiger partial charge is 0.350 e. The molecule has 10 nitrogen and oxygen atoms in total. The van der Waals surface area contributed by atoms with Crippen LogP contribution in [-0.4, -0.2) is 48.6 Å². The van der Waals surface area contributed by atoms with Crippen LogP contribution in [-0.2, 0) is 20.9 Å². The third-order valence-electron chi connectivity index (χ3n) is 7.32. The van der Waals surface area contributed by atoms with Crippen LogP contribution in [0.15, 0.2) is 72.3 Å². The molecule has 45 heavy (non-hydrogen) atoms. The topological polar surface area (TPSA) is 124 Å². The fraction of sp³-hybridized carbons (Fsp3) is 0.235. The molecule has 3 aromatic carbocycles. The number of carbonyl (C=O) groups is 3. The lowest BCUT2D eigenvalue weighted by Crippen LogP contribution is -2.29. The van der Waals surface area contributed by atoms with Crippen molar-refractivity contribution in [2.24, 2.45) is 0 Å². The lowest BCUT2D eigenvalue weighted by Gasteiger charge is -2.24. The van der Waals surface area contributed by atoms with Gasteiger partial charge in [-0.25, -0.2) is 9.78 Å². The van der Waals surface area contributed by atoms with Crippen molar-refractivity contribution in [3.05, 3.63) is 105 Å². The highest BCUT2D eigenvalue weighted by molar-refractivity contribution is 7.17. The maximum absolute atomic E-state index is 13.7. The first kappa shape index (κ1) is 31.3. The van der Waals surface area contributed by atoms with Crippen LogP contribution in [0.4, 0.5) is 5.13 Å². The van der Waals surface area contributed by atoms with Crippen molar-refractivity contribution in [2.75, 3.05) is 25.7 Å². The van der Waals surface area contributed by atoms with E-state index in [9.17, 15) is 19.5 Å². The number of hydrogen-bond donors (Lipinski definition) is 1. The Bertz CT molecular complexity index is 1800. The van der Waals surface area contributed by atoms with Crippen molar-refractivity contribution >= 4 is 39.9 Å². The summed E-state index contributed by atoms with van der Waals surface area (Å²) in [5.74, 6) is -1.36. The number of amides is 1. The van der Waals surface area contributed by atoms with Crippen LogP contribution < -0.4 is 19.1 Å². The van der Waals surface area contributed by atoms with Gasteiger partial charge in [0.25, 0.3) is 5.78 Å². The Morgan fingerprint density at radius 3 is 2.38 bits per heavy atom. The van der Waals surface area contributed by atoms with Crippen LogP contribution in [0.2, 0.25) is 0 Å². The van der Waals surface area contributed by atoms with Crippen LogP contribution in [0.1, 0.15) is 50.6 Å². The van der Waals surface area contributed by atoms with Gasteiger partial charge in [-0.15, -0.1) is 0 Å². The fourth-order valence-electron chi connectivity index (χ4n) is 5.12. The molecule has 1 atom stereocenters. The zero-order chi connectivity index (χ0) is 32.2. The molecule has 5 rings (SSSR count). The number of benzene rings is 3. The summed E-state index contributed by atoms with van der Waals surface area (Å²) in [5, 5.41) is 11.8. The van der Waals surface area contributed by atoms with Crippen LogP contribution in [0.25, 0.3) is 5.76 Å². The van der Waals surface area contributed by atoms with E-state index in [1.165, 1.54) is 19.1 Å². The molecule has 0 aliphatic carbocycles. The van der Waals surface area contributed by atoms with E-state index in [1.807, 2.05) is 30.3 Å². The Balaban J connectivity index is 1.61. The van der Waals surface area contributed by atoms with Gasteiger partial charge in [-0.1, -0.05) is 47.7 Å². The number of esters is 1. The number of hydrogen-bond acceptors (Lipinski definition) is 10. The van der Waals surface area contributed by atoms with Gasteiger partial charge in [-0.3, -0.25) is 14.5 Å². The molecular weight excluding hydrogens is 596 g/mol. The summed E-state index contributed by atoms with van der Waals surface area (Å²) in [7, 11) is 2.97. The maximum atomic E-state index is 13.7. The lowest BCUT2D eigenvalue weighted by molar-refractivity contribution is -0.132. The number of methoxy groups -OCH3 is 2. The Kier molecular flexibility index (Phi) is 9.19. The van der Waals surface area contributed by atoms with E-state index in [1.54, 1.807) is 57.2 Å². The van der Waals surface area contributed by atoms with Crippen molar-refractivity contribution in [2.45, 2.75) is 33.4 Å². The Morgan fingerprint density at radius 1 is 0.978 bits per heavy atom. The number of aliphatic hydroxyl groups excluding tert-OH is 1. The number of nitrogens with zero attached hydrogens (tertiary/aromatic N) is 2. The number of thiazole rings is 1. The molecular formula is C34H32N2O8S. The van der Waals surface area contributed by atoms with Crippen LogP contribution >= 0.6 is 11.3 Å². The molecule has 4 aromatic rings. The number of rotatable bonds is 10. The lowest BCUT2D eigenvalue weighted by atomic mass is 9.93. The predicted octanol–water partition coefficient (Wildman–Crippen LogP) is 6.16. The molecule has 0 bridgehead atoms. The molecule has 11 heteroatoms. The van der Waals surface area contributed by atoms with Crippen molar-refractivity contribution in [1.29, 1.82) is 0 Å². The number of aliphatic hydroxyl groups is 1. The molecule has 1 N–H and O–H groups in total. The molecule has 1 aromatic heterocycles. The number of aromatic nitrogens is 1. The van der Waals surface area contributed by atoms with Crippen LogP contribution in [0.5, 0.6) is 17.2 Å². The van der Waals surface area contributed by atoms with Gasteiger partial charge < -0.3 is 24.1 Å². The molecule has 1 amide bonds. The predicted molar refractivity (Wildman–Crippen MR) is 169 cm³/mol. The van der Waals surface area contributed by atoms with Gasteiger partial charge in [0, 0.05) is 5.56 Å². The minimum absolute atomic E-state index is 0.109. The first-order chi connectivity index (χ1) is 21.7. The SMILES string of the molecule is CCOC(=O)c1sc(N2C(=O)C(=O)/C(=C(\O)c3ccc(OCc4ccccc4)cc3C)C2c2ccc(OC)c(OC)c2)nc1C. The van der Waals surface area contributed by atoms with Gasteiger partial charge in [-0.2, -0.15) is 0 Å². The molecule has 0 saturated carbocycles. The quantitative estimate of drug-likeness (QED) is 0.0952. The maximum Gasteiger partial charge on any atom is 0.350 e. The standard InChI is InChI=1S/C34H32N2O8S/c1-6-43-33(40)31-20(3)35-34(45-31)36-28(22-12-15-25(41-4)26(17-22)42-5)27(30(38)32(36)39)29(37)24-14-13-23(16-19(24)2)44-18-21-10-8-7-9-11-21/h7-17,28,37H,6,18H2,1-5H3/b29-27-. The van der Waals surface area contributed by atoms with Crippen molar-refractivity contribution in [3.8, 4) is 17.2 Å². The van der Waals surface area contributed by atoms with E-state index in [0.29, 0.717) is 46.2 Å². The molecule has 1 unspecified atom stereocenters. The summed E-state index contributed by atoms with van der Waals surface area (Å²) in [6, 6.07) is 18.7. The van der Waals surface area contributed by atoms with Gasteiger partial charge >= 0.3 is 11.9 Å². The highest BCUT2D eigenvalue weighted by atomic mass is 32.1. The van der Waals surface area contributed by atoms with E-state index in [-0.39, 0.29) is 27.9 Å². The summed E-state index contributed by atoms with van der Waals surface area (Å²) >= 11 is 0.935. The van der Waals surface area contributed by atoms with Gasteiger partial charge in [0.05, 0.1) is 38.1 Å². The van der Waals surface area contributed by atoms with Gasteiger partial charge in [-0.05, 0) is 67.8 Å². The Morgan fingerprint density at radius 2 is 1.71 bits per heavy atom. The number of carbonyl (C=O) groups excluding carboxylic acids is 3. The van der Waals surface area contributed by atoms with Crippen molar-refractivity contribution in [3.63, 3.8) is 0 Å². The molecule has 2 heterocycles. The third-order valence-corrected chi connectivity index (χ3v) is 8.46. The van der Waals surface area contributed by atoms with Crippen LogP contribution in [0, 0.1) is 13.8 Å². The average Bonchev–Trinajstić information content (AvgIpc) is 3.55. The first-order valence-corrected chi connectivity index (χ1v) is 14.9. The minimum atomic E-state index is -1.10. The number of ether oxygens (including phenoxy) is 4. The van der Waals surface area contributed by atoms with Crippen molar-refractivity contribution in [1.82, 2.24) is 4.98 Å². The third kappa shape index (κ3) is 6.12. The highest BCUT2D eigenvalue weighted by Gasteiger charge is 2.48. The molecule has 1 aliphatic heterocycles. The minimum Gasteiger partial charge on any atom is -0.507 e. The van der Waals surface area contributed by atoms with E-state index < -0.39 is 23.7 Å². The number of anilines is 1. The second kappa shape index (κ2) is 13.2. The average molecular weight is 629 g/mol. The fourth-order valence-corrected chi connectivity index (χ4v) is 6.10. The summed E-state index contributed by atoms with van der Waals surface area (Å²) < 4.78 is 22.0. The second-order valence-corrected chi connectivity index (χ2v) is 11.1. The zero-order valence-electron chi connectivity index (χ0n) is 25.5. The van der Waals surface area contributed by atoms with E-state index in [2.05, 4.69) is 4.98 Å². The van der Waals surface area contributed by atoms with Crippen LogP contribution in [0.3, 0.4) is 0 Å². The molecule has 232 valence electrons. The van der Waals surface area contributed by atoms with Crippen molar-refractivity contribution < 1.29 is 38.4 Å². The van der Waals surface area contributed by atoms with Gasteiger partial charge in [0.2, 0.25) is 0 Å².